The van der Waals surface area contributed by atoms with Crippen LogP contribution in [0.3, 0.4) is 0 Å². The van der Waals surface area contributed by atoms with Crippen molar-refractivity contribution < 1.29 is 19.1 Å². The van der Waals surface area contributed by atoms with Gasteiger partial charge in [0, 0.05) is 16.5 Å². The first-order valence-electron chi connectivity index (χ1n) is 8.54. The monoisotopic (exact) mass is 368 g/mol. The number of rotatable bonds is 3. The van der Waals surface area contributed by atoms with Gasteiger partial charge in [0.05, 0.1) is 12.2 Å². The van der Waals surface area contributed by atoms with Gasteiger partial charge in [-0.2, -0.15) is 0 Å². The molecule has 0 N–H and O–H groups in total. The van der Waals surface area contributed by atoms with Crippen LogP contribution in [0.2, 0.25) is 5.02 Å². The number of para-hydroxylation sites is 1. The SMILES string of the molecule is CCOC(=O)C1=CC[C@H](c2cccc(Cl)c2)[C@@]12C(=O)Oc1ccccc12. The fraction of sp³-hybridized carbons (Fsp3) is 0.238. The Bertz CT molecular complexity index is 933. The number of ether oxygens (including phenoxy) is 2. The summed E-state index contributed by atoms with van der Waals surface area (Å²) in [7, 11) is 0. The Balaban J connectivity index is 1.93. The molecule has 132 valence electrons. The molecule has 1 aliphatic carbocycles. The minimum Gasteiger partial charge on any atom is -0.463 e. The number of hydrogen-bond donors (Lipinski definition) is 0. The van der Waals surface area contributed by atoms with Gasteiger partial charge in [-0.05, 0) is 37.1 Å². The van der Waals surface area contributed by atoms with Gasteiger partial charge in [0.1, 0.15) is 11.2 Å². The predicted molar refractivity (Wildman–Crippen MR) is 97.3 cm³/mol. The van der Waals surface area contributed by atoms with E-state index in [9.17, 15) is 9.59 Å². The Morgan fingerprint density at radius 3 is 2.85 bits per heavy atom. The quantitative estimate of drug-likeness (QED) is 0.602. The minimum absolute atomic E-state index is 0.241. The average molecular weight is 369 g/mol. The lowest BCUT2D eigenvalue weighted by molar-refractivity contribution is -0.144. The third-order valence-corrected chi connectivity index (χ3v) is 5.32. The summed E-state index contributed by atoms with van der Waals surface area (Å²) in [5.41, 5.74) is 0.737. The Morgan fingerprint density at radius 2 is 2.08 bits per heavy atom. The van der Waals surface area contributed by atoms with Crippen LogP contribution in [0, 0.1) is 0 Å². The van der Waals surface area contributed by atoms with Crippen molar-refractivity contribution in [1.29, 1.82) is 0 Å². The molecule has 2 aromatic rings. The van der Waals surface area contributed by atoms with Gasteiger partial charge < -0.3 is 9.47 Å². The van der Waals surface area contributed by atoms with Crippen molar-refractivity contribution in [3.8, 4) is 5.75 Å². The second-order valence-electron chi connectivity index (χ2n) is 6.38. The van der Waals surface area contributed by atoms with E-state index in [0.29, 0.717) is 28.3 Å². The summed E-state index contributed by atoms with van der Waals surface area (Å²) < 4.78 is 10.8. The van der Waals surface area contributed by atoms with E-state index in [-0.39, 0.29) is 12.5 Å². The smallest absolute Gasteiger partial charge is 0.335 e. The van der Waals surface area contributed by atoms with Crippen LogP contribution in [0.5, 0.6) is 5.75 Å². The molecule has 4 rings (SSSR count). The van der Waals surface area contributed by atoms with Crippen LogP contribution in [0.4, 0.5) is 0 Å². The van der Waals surface area contributed by atoms with Crippen molar-refractivity contribution in [2.45, 2.75) is 24.7 Å². The highest BCUT2D eigenvalue weighted by molar-refractivity contribution is 6.30. The Kier molecular flexibility index (Phi) is 4.08. The summed E-state index contributed by atoms with van der Waals surface area (Å²) >= 11 is 6.18. The molecule has 1 aliphatic heterocycles. The first-order valence-corrected chi connectivity index (χ1v) is 8.91. The zero-order valence-corrected chi connectivity index (χ0v) is 15.0. The average Bonchev–Trinajstić information content (AvgIpc) is 3.16. The van der Waals surface area contributed by atoms with E-state index in [1.807, 2.05) is 36.4 Å². The van der Waals surface area contributed by atoms with Crippen molar-refractivity contribution in [2.75, 3.05) is 6.61 Å². The number of fused-ring (bicyclic) bond motifs is 2. The number of halogens is 1. The van der Waals surface area contributed by atoms with Gasteiger partial charge in [0.15, 0.2) is 0 Å². The second-order valence-corrected chi connectivity index (χ2v) is 6.81. The lowest BCUT2D eigenvalue weighted by atomic mass is 9.67. The van der Waals surface area contributed by atoms with Crippen LogP contribution in [-0.2, 0) is 19.7 Å². The van der Waals surface area contributed by atoms with E-state index in [4.69, 9.17) is 21.1 Å². The second kappa shape index (κ2) is 6.29. The molecule has 0 radical (unpaired) electrons. The molecule has 0 saturated heterocycles. The Morgan fingerprint density at radius 1 is 1.27 bits per heavy atom. The Hall–Kier alpha value is -2.59. The van der Waals surface area contributed by atoms with Crippen molar-refractivity contribution in [1.82, 2.24) is 0 Å². The molecule has 2 aliphatic rings. The maximum absolute atomic E-state index is 13.1. The van der Waals surface area contributed by atoms with Crippen LogP contribution in [0.15, 0.2) is 60.2 Å². The van der Waals surface area contributed by atoms with Crippen molar-refractivity contribution in [2.24, 2.45) is 0 Å². The molecule has 0 bridgehead atoms. The fourth-order valence-corrected chi connectivity index (χ4v) is 4.28. The van der Waals surface area contributed by atoms with E-state index in [2.05, 4.69) is 0 Å². The van der Waals surface area contributed by atoms with Gasteiger partial charge in [-0.3, -0.25) is 4.79 Å². The van der Waals surface area contributed by atoms with Crippen LogP contribution in [0.1, 0.15) is 30.4 Å². The fourth-order valence-electron chi connectivity index (χ4n) is 4.08. The maximum Gasteiger partial charge on any atom is 0.335 e. The Labute approximate surface area is 156 Å². The zero-order valence-electron chi connectivity index (χ0n) is 14.2. The highest BCUT2D eigenvalue weighted by Crippen LogP contribution is 2.57. The van der Waals surface area contributed by atoms with E-state index in [0.717, 1.165) is 5.56 Å². The highest BCUT2D eigenvalue weighted by atomic mass is 35.5. The van der Waals surface area contributed by atoms with Gasteiger partial charge in [0.2, 0.25) is 0 Å². The van der Waals surface area contributed by atoms with E-state index >= 15 is 0 Å². The molecule has 0 amide bonds. The van der Waals surface area contributed by atoms with Gasteiger partial charge in [0.25, 0.3) is 0 Å². The number of hydrogen-bond acceptors (Lipinski definition) is 4. The van der Waals surface area contributed by atoms with Crippen molar-refractivity contribution in [3.05, 3.63) is 76.3 Å². The molecular weight excluding hydrogens is 352 g/mol. The summed E-state index contributed by atoms with van der Waals surface area (Å²) in [6, 6.07) is 14.6. The van der Waals surface area contributed by atoms with Crippen LogP contribution in [-0.4, -0.2) is 18.5 Å². The summed E-state index contributed by atoms with van der Waals surface area (Å²) in [6.45, 7) is 1.99. The third kappa shape index (κ3) is 2.29. The molecule has 4 nitrogen and oxygen atoms in total. The van der Waals surface area contributed by atoms with Crippen LogP contribution in [0.25, 0.3) is 0 Å². The maximum atomic E-state index is 13.1. The first kappa shape index (κ1) is 16.9. The third-order valence-electron chi connectivity index (χ3n) is 5.09. The van der Waals surface area contributed by atoms with Gasteiger partial charge >= 0.3 is 11.9 Å². The molecule has 2 aromatic carbocycles. The normalized spacial score (nSPS) is 23.5. The molecule has 0 saturated carbocycles. The largest absolute Gasteiger partial charge is 0.463 e. The minimum atomic E-state index is -1.20. The molecule has 1 heterocycles. The van der Waals surface area contributed by atoms with Crippen LogP contribution >= 0.6 is 11.6 Å². The summed E-state index contributed by atoms with van der Waals surface area (Å²) in [5.74, 6) is -0.718. The molecule has 0 unspecified atom stereocenters. The van der Waals surface area contributed by atoms with Crippen LogP contribution < -0.4 is 4.74 Å². The van der Waals surface area contributed by atoms with Gasteiger partial charge in [-0.15, -0.1) is 0 Å². The number of carbonyl (C=O) groups excluding carboxylic acids is 2. The molecular formula is C21H17ClO4. The predicted octanol–water partition coefficient (Wildman–Crippen LogP) is 4.17. The molecule has 0 fully saturated rings. The van der Waals surface area contributed by atoms with Crippen molar-refractivity contribution in [3.63, 3.8) is 0 Å². The number of esters is 2. The van der Waals surface area contributed by atoms with E-state index in [1.165, 1.54) is 0 Å². The number of allylic oxidation sites excluding steroid dienone is 1. The van der Waals surface area contributed by atoms with E-state index in [1.54, 1.807) is 25.1 Å². The van der Waals surface area contributed by atoms with Gasteiger partial charge in [-0.25, -0.2) is 4.79 Å². The first-order chi connectivity index (χ1) is 12.6. The zero-order chi connectivity index (χ0) is 18.3. The number of benzene rings is 2. The summed E-state index contributed by atoms with van der Waals surface area (Å²) in [4.78, 5) is 25.8. The lowest BCUT2D eigenvalue weighted by Crippen LogP contribution is -2.41. The molecule has 0 aromatic heterocycles. The standard InChI is InChI=1S/C21H17ClO4/c1-2-25-19(23)17-11-10-15(13-6-5-7-14(22)12-13)21(17)16-8-3-4-9-18(16)26-20(21)24/h3-9,11-12,15H,2,10H2,1H3/t15-,21+/m1/s1. The molecule has 2 atom stereocenters. The van der Waals surface area contributed by atoms with Gasteiger partial charge in [-0.1, -0.05) is 48.0 Å². The van der Waals surface area contributed by atoms with E-state index < -0.39 is 17.4 Å². The topological polar surface area (TPSA) is 52.6 Å². The molecule has 26 heavy (non-hydrogen) atoms. The number of carbonyl (C=O) groups is 2. The summed E-state index contributed by atoms with van der Waals surface area (Å²) in [5, 5.41) is 0.585. The highest BCUT2D eigenvalue weighted by Gasteiger charge is 2.61. The summed E-state index contributed by atoms with van der Waals surface area (Å²) in [6.07, 6.45) is 2.32. The molecule has 5 heteroatoms. The molecule has 1 spiro atoms. The van der Waals surface area contributed by atoms with Crippen molar-refractivity contribution >= 4 is 23.5 Å². The lowest BCUT2D eigenvalue weighted by Gasteiger charge is -2.31.